The molecule has 1 saturated heterocycles. The van der Waals surface area contributed by atoms with Crippen LogP contribution < -0.4 is 15.6 Å². The van der Waals surface area contributed by atoms with E-state index in [-0.39, 0.29) is 11.4 Å². The molecule has 2 bridgehead atoms. The zero-order chi connectivity index (χ0) is 16.0. The van der Waals surface area contributed by atoms with Gasteiger partial charge in [0.15, 0.2) is 0 Å². The van der Waals surface area contributed by atoms with Crippen molar-refractivity contribution in [3.63, 3.8) is 0 Å². The quantitative estimate of drug-likeness (QED) is 0.925. The van der Waals surface area contributed by atoms with Crippen LogP contribution in [0.4, 0.5) is 4.39 Å². The number of hydrogen-bond acceptors (Lipinski definition) is 3. The third-order valence-corrected chi connectivity index (χ3v) is 4.93. The van der Waals surface area contributed by atoms with Crippen LogP contribution in [-0.2, 0) is 6.54 Å². The predicted octanol–water partition coefficient (Wildman–Crippen LogP) is 2.37. The van der Waals surface area contributed by atoms with Gasteiger partial charge in [0.05, 0.1) is 7.11 Å². The van der Waals surface area contributed by atoms with E-state index in [2.05, 4.69) is 5.32 Å². The maximum absolute atomic E-state index is 13.7. The van der Waals surface area contributed by atoms with Crippen molar-refractivity contribution < 1.29 is 9.13 Å². The number of nitrogens with one attached hydrogen (secondary N) is 1. The molecule has 1 aromatic carbocycles. The van der Waals surface area contributed by atoms with Crippen molar-refractivity contribution in [2.75, 3.05) is 20.2 Å². The van der Waals surface area contributed by atoms with Crippen LogP contribution >= 0.6 is 0 Å². The van der Waals surface area contributed by atoms with Gasteiger partial charge < -0.3 is 14.6 Å². The molecule has 5 heteroatoms. The zero-order valence-corrected chi connectivity index (χ0v) is 13.0. The summed E-state index contributed by atoms with van der Waals surface area (Å²) in [7, 11) is 1.55. The van der Waals surface area contributed by atoms with Crippen molar-refractivity contribution in [1.82, 2.24) is 9.88 Å². The molecule has 3 heterocycles. The van der Waals surface area contributed by atoms with E-state index < -0.39 is 0 Å². The number of halogens is 1. The summed E-state index contributed by atoms with van der Waals surface area (Å²) in [5.74, 6) is 1.10. The number of nitrogens with zero attached hydrogens (tertiary/aromatic N) is 1. The highest BCUT2D eigenvalue weighted by Gasteiger charge is 2.31. The number of pyridine rings is 1. The first-order valence-electron chi connectivity index (χ1n) is 7.95. The standard InChI is InChI=1S/C18H19FN2O2/c1-23-17-3-2-14(19)7-15(17)12-5-16-13-4-11(8-20-9-13)10-21(16)18(22)6-12/h2-3,5-7,11,13,20H,4,8-10H2,1H3/t11-,13+/m0/s1. The van der Waals surface area contributed by atoms with Crippen molar-refractivity contribution in [3.05, 3.63) is 52.2 Å². The third kappa shape index (κ3) is 2.45. The molecule has 0 unspecified atom stereocenters. The number of hydrogen-bond donors (Lipinski definition) is 1. The van der Waals surface area contributed by atoms with Gasteiger partial charge in [-0.1, -0.05) is 0 Å². The first-order valence-corrected chi connectivity index (χ1v) is 7.95. The molecule has 2 aliphatic heterocycles. The summed E-state index contributed by atoms with van der Waals surface area (Å²) in [6.45, 7) is 2.62. The van der Waals surface area contributed by atoms with E-state index in [9.17, 15) is 9.18 Å². The van der Waals surface area contributed by atoms with Crippen LogP contribution in [-0.4, -0.2) is 24.8 Å². The molecule has 2 aliphatic rings. The summed E-state index contributed by atoms with van der Waals surface area (Å²) in [6.07, 6.45) is 1.11. The molecule has 23 heavy (non-hydrogen) atoms. The average molecular weight is 314 g/mol. The lowest BCUT2D eigenvalue weighted by Crippen LogP contribution is -2.44. The van der Waals surface area contributed by atoms with Gasteiger partial charge >= 0.3 is 0 Å². The lowest BCUT2D eigenvalue weighted by molar-refractivity contribution is 0.257. The first-order chi connectivity index (χ1) is 11.2. The molecule has 0 saturated carbocycles. The smallest absolute Gasteiger partial charge is 0.251 e. The zero-order valence-electron chi connectivity index (χ0n) is 13.0. The maximum atomic E-state index is 13.7. The number of benzene rings is 1. The minimum absolute atomic E-state index is 0.0135. The molecule has 120 valence electrons. The highest BCUT2D eigenvalue weighted by molar-refractivity contribution is 5.70. The summed E-state index contributed by atoms with van der Waals surface area (Å²) in [5.41, 5.74) is 2.38. The maximum Gasteiger partial charge on any atom is 0.251 e. The van der Waals surface area contributed by atoms with Crippen LogP contribution in [0.1, 0.15) is 18.0 Å². The van der Waals surface area contributed by atoms with Crippen LogP contribution in [0, 0.1) is 11.7 Å². The number of rotatable bonds is 2. The van der Waals surface area contributed by atoms with E-state index in [4.69, 9.17) is 4.74 Å². The molecular weight excluding hydrogens is 295 g/mol. The average Bonchev–Trinajstić information content (AvgIpc) is 2.56. The molecule has 1 fully saturated rings. The van der Waals surface area contributed by atoms with Crippen LogP contribution in [0.25, 0.3) is 11.1 Å². The lowest BCUT2D eigenvalue weighted by atomic mass is 9.83. The minimum Gasteiger partial charge on any atom is -0.496 e. The second-order valence-corrected chi connectivity index (χ2v) is 6.42. The van der Waals surface area contributed by atoms with E-state index in [0.717, 1.165) is 37.3 Å². The number of piperidine rings is 1. The second kappa shape index (κ2) is 5.49. The Morgan fingerprint density at radius 2 is 2.13 bits per heavy atom. The van der Waals surface area contributed by atoms with Gasteiger partial charge in [0.1, 0.15) is 11.6 Å². The molecule has 1 aromatic heterocycles. The van der Waals surface area contributed by atoms with Crippen LogP contribution in [0.15, 0.2) is 35.1 Å². The van der Waals surface area contributed by atoms with E-state index in [1.165, 1.54) is 12.1 Å². The van der Waals surface area contributed by atoms with Gasteiger partial charge in [-0.25, -0.2) is 4.39 Å². The highest BCUT2D eigenvalue weighted by atomic mass is 19.1. The van der Waals surface area contributed by atoms with E-state index in [1.54, 1.807) is 19.2 Å². The van der Waals surface area contributed by atoms with E-state index in [0.29, 0.717) is 23.1 Å². The van der Waals surface area contributed by atoms with Crippen molar-refractivity contribution in [2.45, 2.75) is 18.9 Å². The Balaban J connectivity index is 1.88. The van der Waals surface area contributed by atoms with E-state index in [1.807, 2.05) is 10.6 Å². The van der Waals surface area contributed by atoms with Gasteiger partial charge in [-0.2, -0.15) is 0 Å². The largest absolute Gasteiger partial charge is 0.496 e. The number of aromatic nitrogens is 1. The fraction of sp³-hybridized carbons (Fsp3) is 0.389. The molecular formula is C18H19FN2O2. The monoisotopic (exact) mass is 314 g/mol. The van der Waals surface area contributed by atoms with Gasteiger partial charge in [0.25, 0.3) is 5.56 Å². The Labute approximate surface area is 133 Å². The fourth-order valence-corrected chi connectivity index (χ4v) is 3.87. The summed E-state index contributed by atoms with van der Waals surface area (Å²) in [6, 6.07) is 8.00. The van der Waals surface area contributed by atoms with Crippen molar-refractivity contribution in [3.8, 4) is 16.9 Å². The summed E-state index contributed by atoms with van der Waals surface area (Å²) < 4.78 is 20.9. The van der Waals surface area contributed by atoms with Crippen LogP contribution in [0.3, 0.4) is 0 Å². The van der Waals surface area contributed by atoms with Crippen molar-refractivity contribution in [2.24, 2.45) is 5.92 Å². The van der Waals surface area contributed by atoms with Gasteiger partial charge in [-0.3, -0.25) is 4.79 Å². The Morgan fingerprint density at radius 1 is 1.26 bits per heavy atom. The van der Waals surface area contributed by atoms with Crippen LogP contribution in [0.2, 0.25) is 0 Å². The summed E-state index contributed by atoms with van der Waals surface area (Å²) >= 11 is 0. The predicted molar refractivity (Wildman–Crippen MR) is 86.4 cm³/mol. The Morgan fingerprint density at radius 3 is 2.96 bits per heavy atom. The molecule has 2 aromatic rings. The molecule has 4 nitrogen and oxygen atoms in total. The fourth-order valence-electron chi connectivity index (χ4n) is 3.87. The Bertz CT molecular complexity index is 815. The highest BCUT2D eigenvalue weighted by Crippen LogP contribution is 2.36. The Kier molecular flexibility index (Phi) is 3.45. The van der Waals surface area contributed by atoms with Gasteiger partial charge in [0.2, 0.25) is 0 Å². The molecule has 1 N–H and O–H groups in total. The Hall–Kier alpha value is -2.14. The van der Waals surface area contributed by atoms with Gasteiger partial charge in [-0.05, 0) is 48.7 Å². The molecule has 4 rings (SSSR count). The molecule has 0 radical (unpaired) electrons. The summed E-state index contributed by atoms with van der Waals surface area (Å²) in [4.78, 5) is 12.6. The normalized spacial score (nSPS) is 22.5. The van der Waals surface area contributed by atoms with Gasteiger partial charge in [0, 0.05) is 36.3 Å². The first kappa shape index (κ1) is 14.5. The number of methoxy groups -OCH3 is 1. The molecule has 2 atom stereocenters. The molecule has 0 amide bonds. The topological polar surface area (TPSA) is 43.3 Å². The minimum atomic E-state index is -0.335. The number of fused-ring (bicyclic) bond motifs is 4. The van der Waals surface area contributed by atoms with E-state index >= 15 is 0 Å². The third-order valence-electron chi connectivity index (χ3n) is 4.93. The lowest BCUT2D eigenvalue weighted by Gasteiger charge is -2.37. The van der Waals surface area contributed by atoms with Crippen molar-refractivity contribution >= 4 is 0 Å². The SMILES string of the molecule is COc1ccc(F)cc1-c1cc2n(c(=O)c1)C[C@@H]1CNC[C@H]2C1. The van der Waals surface area contributed by atoms with Gasteiger partial charge in [-0.15, -0.1) is 0 Å². The number of ether oxygens (including phenoxy) is 1. The van der Waals surface area contributed by atoms with Crippen LogP contribution in [0.5, 0.6) is 5.75 Å². The van der Waals surface area contributed by atoms with Crippen molar-refractivity contribution in [1.29, 1.82) is 0 Å². The second-order valence-electron chi connectivity index (χ2n) is 6.42. The molecule has 0 spiro atoms. The summed E-state index contributed by atoms with van der Waals surface area (Å²) in [5, 5.41) is 3.44. The molecule has 0 aliphatic carbocycles.